The molecule has 0 spiro atoms. The zero-order valence-corrected chi connectivity index (χ0v) is 11.5. The molecule has 3 aromatic rings. The Balaban J connectivity index is 1.40. The van der Waals surface area contributed by atoms with Crippen molar-refractivity contribution in [3.05, 3.63) is 54.2 Å². The first-order valence-electron chi connectivity index (χ1n) is 6.85. The molecule has 2 heterocycles. The summed E-state index contributed by atoms with van der Waals surface area (Å²) in [6.07, 6.45) is 4.95. The number of aromatic amines is 1. The Kier molecular flexibility index (Phi) is 4.38. The molecular weight excluding hydrogens is 268 g/mol. The Morgan fingerprint density at radius 2 is 2.10 bits per heavy atom. The van der Waals surface area contributed by atoms with E-state index in [1.807, 2.05) is 18.2 Å². The fourth-order valence-electron chi connectivity index (χ4n) is 1.94. The Hall–Kier alpha value is -2.47. The topological polar surface area (TPSA) is 76.8 Å². The third-order valence-electron chi connectivity index (χ3n) is 3.02. The molecule has 0 fully saturated rings. The first-order chi connectivity index (χ1) is 10.4. The number of aryl methyl sites for hydroxylation is 1. The maximum absolute atomic E-state index is 5.62. The zero-order valence-electron chi connectivity index (χ0n) is 11.5. The van der Waals surface area contributed by atoms with E-state index in [9.17, 15) is 0 Å². The lowest BCUT2D eigenvalue weighted by atomic mass is 10.2. The molecule has 0 aliphatic rings. The minimum absolute atomic E-state index is 0.559. The molecule has 6 nitrogen and oxygen atoms in total. The van der Waals surface area contributed by atoms with E-state index in [0.29, 0.717) is 31.3 Å². The van der Waals surface area contributed by atoms with Gasteiger partial charge in [0.25, 0.3) is 0 Å². The highest BCUT2D eigenvalue weighted by Crippen LogP contribution is 2.13. The van der Waals surface area contributed by atoms with Crippen LogP contribution in [0.25, 0.3) is 11.4 Å². The standard InChI is InChI=1S/C15H16N4O2/c1-2-5-12(6-3-1)11-20-8-4-7-14-18-15(19-21-14)13-9-16-17-10-13/h1-3,5-6,9-10H,4,7-8,11H2,(H,16,17). The molecule has 2 aromatic heterocycles. The highest BCUT2D eigenvalue weighted by Gasteiger charge is 2.08. The van der Waals surface area contributed by atoms with E-state index in [0.717, 1.165) is 12.0 Å². The van der Waals surface area contributed by atoms with Gasteiger partial charge in [0.05, 0.1) is 18.4 Å². The fourth-order valence-corrected chi connectivity index (χ4v) is 1.94. The number of rotatable bonds is 7. The van der Waals surface area contributed by atoms with Gasteiger partial charge in [-0.05, 0) is 12.0 Å². The second-order valence-corrected chi connectivity index (χ2v) is 4.64. The molecule has 0 radical (unpaired) electrons. The van der Waals surface area contributed by atoms with Crippen molar-refractivity contribution < 1.29 is 9.26 Å². The van der Waals surface area contributed by atoms with Crippen LogP contribution < -0.4 is 0 Å². The normalized spacial score (nSPS) is 10.9. The molecule has 0 aliphatic heterocycles. The first-order valence-corrected chi connectivity index (χ1v) is 6.85. The molecule has 0 saturated heterocycles. The molecule has 6 heteroatoms. The predicted molar refractivity (Wildman–Crippen MR) is 76.3 cm³/mol. The van der Waals surface area contributed by atoms with Crippen LogP contribution in [-0.4, -0.2) is 26.9 Å². The maximum Gasteiger partial charge on any atom is 0.227 e. The minimum atomic E-state index is 0.559. The molecule has 1 aromatic carbocycles. The molecule has 0 atom stereocenters. The maximum atomic E-state index is 5.62. The molecular formula is C15H16N4O2. The number of benzene rings is 1. The SMILES string of the molecule is c1ccc(COCCCc2nc(-c3cn[nH]c3)no2)cc1. The number of hydrogen-bond acceptors (Lipinski definition) is 5. The molecule has 0 saturated carbocycles. The molecule has 108 valence electrons. The van der Waals surface area contributed by atoms with Crippen LogP contribution in [0.2, 0.25) is 0 Å². The van der Waals surface area contributed by atoms with Gasteiger partial charge in [0.2, 0.25) is 11.7 Å². The van der Waals surface area contributed by atoms with Gasteiger partial charge >= 0.3 is 0 Å². The Bertz CT molecular complexity index is 649. The molecule has 0 unspecified atom stereocenters. The summed E-state index contributed by atoms with van der Waals surface area (Å²) in [5.74, 6) is 1.18. The third-order valence-corrected chi connectivity index (χ3v) is 3.02. The van der Waals surface area contributed by atoms with E-state index in [-0.39, 0.29) is 0 Å². The van der Waals surface area contributed by atoms with Crippen LogP contribution in [0.4, 0.5) is 0 Å². The van der Waals surface area contributed by atoms with E-state index in [1.165, 1.54) is 5.56 Å². The summed E-state index contributed by atoms with van der Waals surface area (Å²) in [5.41, 5.74) is 2.00. The molecule has 0 aliphatic carbocycles. The van der Waals surface area contributed by atoms with Crippen molar-refractivity contribution in [1.29, 1.82) is 0 Å². The van der Waals surface area contributed by atoms with Gasteiger partial charge in [0, 0.05) is 19.2 Å². The second-order valence-electron chi connectivity index (χ2n) is 4.64. The van der Waals surface area contributed by atoms with Crippen LogP contribution in [0, 0.1) is 0 Å². The van der Waals surface area contributed by atoms with Gasteiger partial charge in [-0.1, -0.05) is 35.5 Å². The Labute approximate surface area is 122 Å². The lowest BCUT2D eigenvalue weighted by molar-refractivity contribution is 0.117. The summed E-state index contributed by atoms with van der Waals surface area (Å²) >= 11 is 0. The quantitative estimate of drug-likeness (QED) is 0.675. The van der Waals surface area contributed by atoms with Crippen molar-refractivity contribution >= 4 is 0 Å². The van der Waals surface area contributed by atoms with Crippen LogP contribution in [0.1, 0.15) is 17.9 Å². The fraction of sp³-hybridized carbons (Fsp3) is 0.267. The van der Waals surface area contributed by atoms with E-state index in [4.69, 9.17) is 9.26 Å². The van der Waals surface area contributed by atoms with E-state index in [1.54, 1.807) is 12.4 Å². The molecule has 3 rings (SSSR count). The van der Waals surface area contributed by atoms with Gasteiger partial charge in [-0.15, -0.1) is 0 Å². The largest absolute Gasteiger partial charge is 0.377 e. The lowest BCUT2D eigenvalue weighted by Crippen LogP contribution is -1.97. The molecule has 21 heavy (non-hydrogen) atoms. The summed E-state index contributed by atoms with van der Waals surface area (Å²) in [7, 11) is 0. The molecule has 0 amide bonds. The van der Waals surface area contributed by atoms with Gasteiger partial charge in [-0.2, -0.15) is 10.1 Å². The van der Waals surface area contributed by atoms with Crippen LogP contribution in [0.3, 0.4) is 0 Å². The van der Waals surface area contributed by atoms with Gasteiger partial charge < -0.3 is 9.26 Å². The molecule has 0 bridgehead atoms. The highest BCUT2D eigenvalue weighted by atomic mass is 16.5. The number of nitrogens with zero attached hydrogens (tertiary/aromatic N) is 3. The minimum Gasteiger partial charge on any atom is -0.377 e. The number of H-pyrrole nitrogens is 1. The van der Waals surface area contributed by atoms with E-state index < -0.39 is 0 Å². The third kappa shape index (κ3) is 3.76. The van der Waals surface area contributed by atoms with Crippen molar-refractivity contribution in [2.75, 3.05) is 6.61 Å². The van der Waals surface area contributed by atoms with E-state index in [2.05, 4.69) is 32.5 Å². The van der Waals surface area contributed by atoms with Crippen LogP contribution in [0.15, 0.2) is 47.2 Å². The summed E-state index contributed by atoms with van der Waals surface area (Å²) in [6.45, 7) is 1.29. The van der Waals surface area contributed by atoms with Crippen LogP contribution >= 0.6 is 0 Å². The Morgan fingerprint density at radius 3 is 2.90 bits per heavy atom. The smallest absolute Gasteiger partial charge is 0.227 e. The number of aromatic nitrogens is 4. The van der Waals surface area contributed by atoms with Crippen molar-refractivity contribution in [2.24, 2.45) is 0 Å². The van der Waals surface area contributed by atoms with E-state index >= 15 is 0 Å². The van der Waals surface area contributed by atoms with Gasteiger partial charge in [-0.3, -0.25) is 5.10 Å². The van der Waals surface area contributed by atoms with Gasteiger partial charge in [0.1, 0.15) is 0 Å². The highest BCUT2D eigenvalue weighted by molar-refractivity contribution is 5.50. The van der Waals surface area contributed by atoms with Gasteiger partial charge in [0.15, 0.2) is 0 Å². The average Bonchev–Trinajstić information content (AvgIpc) is 3.19. The second kappa shape index (κ2) is 6.81. The van der Waals surface area contributed by atoms with Crippen molar-refractivity contribution in [3.8, 4) is 11.4 Å². The monoisotopic (exact) mass is 284 g/mol. The number of hydrogen-bond donors (Lipinski definition) is 1. The summed E-state index contributed by atoms with van der Waals surface area (Å²) in [6, 6.07) is 10.1. The van der Waals surface area contributed by atoms with Gasteiger partial charge in [-0.25, -0.2) is 0 Å². The predicted octanol–water partition coefficient (Wildman–Crippen LogP) is 2.61. The summed E-state index contributed by atoms with van der Waals surface area (Å²) < 4.78 is 10.8. The van der Waals surface area contributed by atoms with Crippen LogP contribution in [0.5, 0.6) is 0 Å². The summed E-state index contributed by atoms with van der Waals surface area (Å²) in [4.78, 5) is 4.32. The van der Waals surface area contributed by atoms with Crippen molar-refractivity contribution in [3.63, 3.8) is 0 Å². The number of nitrogens with one attached hydrogen (secondary N) is 1. The van der Waals surface area contributed by atoms with Crippen molar-refractivity contribution in [2.45, 2.75) is 19.4 Å². The lowest BCUT2D eigenvalue weighted by Gasteiger charge is -2.02. The summed E-state index contributed by atoms with van der Waals surface area (Å²) in [5, 5.41) is 10.5. The van der Waals surface area contributed by atoms with Crippen molar-refractivity contribution in [1.82, 2.24) is 20.3 Å². The zero-order chi connectivity index (χ0) is 14.3. The number of ether oxygens (including phenoxy) is 1. The first kappa shape index (κ1) is 13.5. The van der Waals surface area contributed by atoms with Crippen LogP contribution in [-0.2, 0) is 17.8 Å². The average molecular weight is 284 g/mol. The molecule has 1 N–H and O–H groups in total. The Morgan fingerprint density at radius 1 is 1.19 bits per heavy atom.